The number of hydrogen-bond donors (Lipinski definition) is 0. The summed E-state index contributed by atoms with van der Waals surface area (Å²) in [5.41, 5.74) is 4.52. The largest absolute Gasteiger partial charge is 0.493 e. The predicted molar refractivity (Wildman–Crippen MR) is 127 cm³/mol. The molecule has 4 rings (SSSR count). The van der Waals surface area contributed by atoms with Crippen LogP contribution in [0, 0.1) is 13.8 Å². The van der Waals surface area contributed by atoms with Crippen LogP contribution in [0.15, 0.2) is 47.8 Å². The van der Waals surface area contributed by atoms with E-state index in [1.54, 1.807) is 25.6 Å². The molecule has 1 aliphatic rings. The van der Waals surface area contributed by atoms with Crippen LogP contribution in [-0.4, -0.2) is 38.2 Å². The zero-order chi connectivity index (χ0) is 22.7. The summed E-state index contributed by atoms with van der Waals surface area (Å²) in [6.07, 6.45) is 1.17. The fourth-order valence-corrected chi connectivity index (χ4v) is 5.06. The molecule has 1 amide bonds. The van der Waals surface area contributed by atoms with Crippen LogP contribution in [-0.2, 0) is 17.6 Å². The normalized spacial score (nSPS) is 15.2. The average molecular weight is 452 g/mol. The van der Waals surface area contributed by atoms with Gasteiger partial charge in [-0.15, -0.1) is 11.3 Å². The molecule has 3 aromatic rings. The van der Waals surface area contributed by atoms with Gasteiger partial charge in [-0.05, 0) is 78.2 Å². The number of thiophene rings is 1. The van der Waals surface area contributed by atoms with E-state index < -0.39 is 0 Å². The fourth-order valence-electron chi connectivity index (χ4n) is 4.36. The van der Waals surface area contributed by atoms with Crippen LogP contribution < -0.4 is 14.2 Å². The van der Waals surface area contributed by atoms with Gasteiger partial charge >= 0.3 is 0 Å². The van der Waals surface area contributed by atoms with Crippen molar-refractivity contribution < 1.29 is 19.0 Å². The third-order valence-corrected chi connectivity index (χ3v) is 6.71. The number of fused-ring (bicyclic) bond motifs is 1. The highest BCUT2D eigenvalue weighted by molar-refractivity contribution is 7.10. The Morgan fingerprint density at radius 1 is 1.06 bits per heavy atom. The molecule has 2 heterocycles. The van der Waals surface area contributed by atoms with Crippen LogP contribution in [0.2, 0.25) is 0 Å². The van der Waals surface area contributed by atoms with Crippen molar-refractivity contribution >= 4 is 17.2 Å². The molecule has 0 aliphatic carbocycles. The molecule has 0 fully saturated rings. The lowest BCUT2D eigenvalue weighted by atomic mass is 9.91. The molecule has 1 atom stereocenters. The van der Waals surface area contributed by atoms with Gasteiger partial charge in [0.15, 0.2) is 11.5 Å². The molecule has 1 aromatic heterocycles. The Morgan fingerprint density at radius 2 is 1.78 bits per heavy atom. The van der Waals surface area contributed by atoms with Gasteiger partial charge in [-0.1, -0.05) is 12.1 Å². The van der Waals surface area contributed by atoms with Crippen molar-refractivity contribution in [3.63, 3.8) is 0 Å². The minimum absolute atomic E-state index is 0.113. The second kappa shape index (κ2) is 9.65. The molecule has 0 unspecified atom stereocenters. The number of methoxy groups -OCH3 is 2. The molecule has 0 saturated heterocycles. The van der Waals surface area contributed by atoms with E-state index in [2.05, 4.69) is 19.9 Å². The van der Waals surface area contributed by atoms with Crippen LogP contribution in [0.1, 0.15) is 33.2 Å². The Morgan fingerprint density at radius 3 is 2.44 bits per heavy atom. The molecule has 2 aromatic carbocycles. The molecule has 32 heavy (non-hydrogen) atoms. The minimum atomic E-state index is -0.202. The van der Waals surface area contributed by atoms with E-state index >= 15 is 0 Å². The first kappa shape index (κ1) is 22.2. The summed E-state index contributed by atoms with van der Waals surface area (Å²) >= 11 is 1.61. The van der Waals surface area contributed by atoms with Gasteiger partial charge in [0, 0.05) is 11.4 Å². The number of nitrogens with zero attached hydrogens (tertiary/aromatic N) is 1. The van der Waals surface area contributed by atoms with Crippen LogP contribution in [0.25, 0.3) is 0 Å². The summed E-state index contributed by atoms with van der Waals surface area (Å²) < 4.78 is 17.3. The Bertz CT molecular complexity index is 1070. The number of hydrogen-bond acceptors (Lipinski definition) is 5. The lowest BCUT2D eigenvalue weighted by Crippen LogP contribution is -2.43. The van der Waals surface area contributed by atoms with Gasteiger partial charge in [0.25, 0.3) is 0 Å². The van der Waals surface area contributed by atoms with Crippen molar-refractivity contribution in [2.45, 2.75) is 32.7 Å². The van der Waals surface area contributed by atoms with E-state index in [1.165, 1.54) is 0 Å². The molecule has 1 aliphatic heterocycles. The monoisotopic (exact) mass is 451 g/mol. The minimum Gasteiger partial charge on any atom is -0.493 e. The molecule has 0 radical (unpaired) electrons. The molecule has 0 bridgehead atoms. The summed E-state index contributed by atoms with van der Waals surface area (Å²) in [6, 6.07) is 14.0. The topological polar surface area (TPSA) is 48.0 Å². The van der Waals surface area contributed by atoms with Crippen LogP contribution in [0.5, 0.6) is 17.2 Å². The summed E-state index contributed by atoms with van der Waals surface area (Å²) in [6.45, 7) is 5.14. The van der Waals surface area contributed by atoms with Gasteiger partial charge in [-0.2, -0.15) is 0 Å². The quantitative estimate of drug-likeness (QED) is 0.500. The number of carbonyl (C=O) groups excluding carboxylic acids is 1. The second-order valence-corrected chi connectivity index (χ2v) is 9.18. The van der Waals surface area contributed by atoms with Crippen LogP contribution >= 0.6 is 11.3 Å². The molecule has 168 valence electrons. The average Bonchev–Trinajstić information content (AvgIpc) is 3.28. The van der Waals surface area contributed by atoms with Crippen molar-refractivity contribution in [2.75, 3.05) is 27.4 Å². The standard InChI is InChI=1S/C26H29NO4S/c1-17-10-18(2)12-20(11-17)31-16-23-22-15-25(30-4)24(29-3)13-19(22)7-8-27(23)26(28)14-21-6-5-9-32-21/h5-6,9-13,15,23H,7-8,14,16H2,1-4H3/t23-/m1/s1. The number of amides is 1. The lowest BCUT2D eigenvalue weighted by Gasteiger charge is -2.37. The molecule has 0 N–H and O–H groups in total. The Hall–Kier alpha value is -2.99. The number of ether oxygens (including phenoxy) is 3. The maximum absolute atomic E-state index is 13.3. The van der Waals surface area contributed by atoms with Gasteiger partial charge in [-0.25, -0.2) is 0 Å². The summed E-state index contributed by atoms with van der Waals surface area (Å²) in [4.78, 5) is 16.3. The van der Waals surface area contributed by atoms with E-state index in [4.69, 9.17) is 14.2 Å². The third-order valence-electron chi connectivity index (χ3n) is 5.83. The predicted octanol–water partition coefficient (Wildman–Crippen LogP) is 5.13. The van der Waals surface area contributed by atoms with Crippen molar-refractivity contribution in [1.29, 1.82) is 0 Å². The van der Waals surface area contributed by atoms with Gasteiger partial charge in [0.1, 0.15) is 12.4 Å². The zero-order valence-electron chi connectivity index (χ0n) is 19.0. The van der Waals surface area contributed by atoms with Crippen LogP contribution in [0.4, 0.5) is 0 Å². The molecule has 6 heteroatoms. The molecule has 0 spiro atoms. The number of carbonyl (C=O) groups is 1. The second-order valence-electron chi connectivity index (χ2n) is 8.15. The SMILES string of the molecule is COc1cc2c(cc1OC)[C@@H](COc1cc(C)cc(C)c1)N(C(=O)Cc1cccs1)CC2. The van der Waals surface area contributed by atoms with Crippen LogP contribution in [0.3, 0.4) is 0 Å². The van der Waals surface area contributed by atoms with E-state index in [0.717, 1.165) is 39.3 Å². The van der Waals surface area contributed by atoms with E-state index in [0.29, 0.717) is 31.1 Å². The fraction of sp³-hybridized carbons (Fsp3) is 0.346. The Balaban J connectivity index is 1.66. The van der Waals surface area contributed by atoms with E-state index in [1.807, 2.05) is 46.7 Å². The highest BCUT2D eigenvalue weighted by Crippen LogP contribution is 2.38. The molecule has 0 saturated carbocycles. The number of aryl methyl sites for hydroxylation is 2. The first-order valence-electron chi connectivity index (χ1n) is 10.8. The molecular formula is C26H29NO4S. The van der Waals surface area contributed by atoms with Gasteiger partial charge in [0.05, 0.1) is 26.7 Å². The van der Waals surface area contributed by atoms with Crippen molar-refractivity contribution in [3.05, 3.63) is 75.0 Å². The first-order valence-corrected chi connectivity index (χ1v) is 11.6. The van der Waals surface area contributed by atoms with Gasteiger partial charge in [0.2, 0.25) is 5.91 Å². The van der Waals surface area contributed by atoms with E-state index in [9.17, 15) is 4.79 Å². The highest BCUT2D eigenvalue weighted by Gasteiger charge is 2.33. The summed E-state index contributed by atoms with van der Waals surface area (Å²) in [5, 5.41) is 2.01. The molecular weight excluding hydrogens is 422 g/mol. The maximum Gasteiger partial charge on any atom is 0.228 e. The van der Waals surface area contributed by atoms with Gasteiger partial charge in [-0.3, -0.25) is 4.79 Å². The summed E-state index contributed by atoms with van der Waals surface area (Å²) in [7, 11) is 3.28. The van der Waals surface area contributed by atoms with Crippen molar-refractivity contribution in [3.8, 4) is 17.2 Å². The van der Waals surface area contributed by atoms with Crippen molar-refractivity contribution in [1.82, 2.24) is 4.90 Å². The van der Waals surface area contributed by atoms with Crippen molar-refractivity contribution in [2.24, 2.45) is 0 Å². The maximum atomic E-state index is 13.3. The summed E-state index contributed by atoms with van der Waals surface area (Å²) in [5.74, 6) is 2.30. The Labute approximate surface area is 193 Å². The highest BCUT2D eigenvalue weighted by atomic mass is 32.1. The lowest BCUT2D eigenvalue weighted by molar-refractivity contribution is -0.134. The first-order chi connectivity index (χ1) is 15.5. The number of benzene rings is 2. The van der Waals surface area contributed by atoms with E-state index in [-0.39, 0.29) is 11.9 Å². The molecule has 5 nitrogen and oxygen atoms in total. The van der Waals surface area contributed by atoms with Gasteiger partial charge < -0.3 is 19.1 Å². The Kier molecular flexibility index (Phi) is 6.70. The zero-order valence-corrected chi connectivity index (χ0v) is 19.8. The smallest absolute Gasteiger partial charge is 0.228 e. The number of rotatable bonds is 7. The third kappa shape index (κ3) is 4.75.